The first kappa shape index (κ1) is 39.7. The summed E-state index contributed by atoms with van der Waals surface area (Å²) < 4.78 is 23.8. The van der Waals surface area contributed by atoms with E-state index in [4.69, 9.17) is 4.74 Å². The lowest BCUT2D eigenvalue weighted by molar-refractivity contribution is -0.232. The van der Waals surface area contributed by atoms with Crippen LogP contribution in [0.4, 0.5) is 4.39 Å². The molecule has 0 radical (unpaired) electrons. The Balaban J connectivity index is 1.26. The van der Waals surface area contributed by atoms with Gasteiger partial charge in [-0.15, -0.1) is 0 Å². The fourth-order valence-corrected chi connectivity index (χ4v) is 14.0. The molecule has 0 saturated heterocycles. The van der Waals surface area contributed by atoms with Crippen LogP contribution in [0.1, 0.15) is 138 Å². The van der Waals surface area contributed by atoms with Crippen molar-refractivity contribution in [1.29, 1.82) is 0 Å². The molecule has 1 aromatic carbocycles. The fourth-order valence-electron chi connectivity index (χ4n) is 14.0. The maximum atomic E-state index is 14.4. The number of fused-ring (bicyclic) bond motifs is 7. The van der Waals surface area contributed by atoms with E-state index in [-0.39, 0.29) is 63.2 Å². The van der Waals surface area contributed by atoms with E-state index in [1.54, 1.807) is 30.7 Å². The van der Waals surface area contributed by atoms with E-state index in [9.17, 15) is 28.7 Å². The molecule has 55 heavy (non-hydrogen) atoms. The molecule has 0 spiro atoms. The molecule has 4 saturated carbocycles. The van der Waals surface area contributed by atoms with Gasteiger partial charge in [-0.3, -0.25) is 23.9 Å². The van der Waals surface area contributed by atoms with Crippen molar-refractivity contribution in [2.45, 2.75) is 145 Å². The minimum atomic E-state index is -1.18. The van der Waals surface area contributed by atoms with Gasteiger partial charge in [0.05, 0.1) is 23.2 Å². The zero-order valence-electron chi connectivity index (χ0n) is 35.0. The van der Waals surface area contributed by atoms with Gasteiger partial charge in [-0.05, 0) is 147 Å². The second kappa shape index (κ2) is 12.8. The van der Waals surface area contributed by atoms with Gasteiger partial charge in [0.25, 0.3) is 5.56 Å². The third-order valence-electron chi connectivity index (χ3n) is 16.8. The second-order valence-electron chi connectivity index (χ2n) is 20.6. The zero-order valence-corrected chi connectivity index (χ0v) is 35.0. The van der Waals surface area contributed by atoms with Gasteiger partial charge in [0, 0.05) is 29.9 Å². The number of carboxylic acid groups (broad SMARTS) is 1. The lowest BCUT2D eigenvalue weighted by Crippen LogP contribution is -2.66. The molecule has 5 aliphatic carbocycles. The molecule has 1 aromatic heterocycles. The summed E-state index contributed by atoms with van der Waals surface area (Å²) in [4.78, 5) is 53.4. The number of Topliss-reactive ketones (excluding diaryl/α,β-unsaturated/α-hetero) is 1. The minimum Gasteiger partial charge on any atom is -0.481 e. The molecule has 300 valence electrons. The lowest BCUT2D eigenvalue weighted by Gasteiger charge is -2.72. The number of carbonyl (C=O) groups excluding carboxylic acids is 2. The van der Waals surface area contributed by atoms with Gasteiger partial charge in [-0.25, -0.2) is 9.07 Å². The van der Waals surface area contributed by atoms with E-state index < -0.39 is 22.8 Å². The molecule has 0 amide bonds. The highest BCUT2D eigenvalue weighted by Gasteiger charge is 2.70. The molecule has 0 unspecified atom stereocenters. The number of hydrogen-bond acceptors (Lipinski definition) is 5. The monoisotopic (exact) mass is 758 g/mol. The minimum absolute atomic E-state index is 0.000127. The van der Waals surface area contributed by atoms with E-state index in [1.807, 2.05) is 18.7 Å². The summed E-state index contributed by atoms with van der Waals surface area (Å²) in [6.45, 7) is 21.4. The smallest absolute Gasteiger partial charge is 0.309 e. The first-order chi connectivity index (χ1) is 25.5. The van der Waals surface area contributed by atoms with Gasteiger partial charge in [-0.1, -0.05) is 48.5 Å². The summed E-state index contributed by atoms with van der Waals surface area (Å²) in [5, 5.41) is 9.64. The maximum absolute atomic E-state index is 14.4. The van der Waals surface area contributed by atoms with Gasteiger partial charge < -0.3 is 9.84 Å². The van der Waals surface area contributed by atoms with Crippen LogP contribution in [0.15, 0.2) is 40.2 Å². The highest BCUT2D eigenvalue weighted by atomic mass is 19.1. The first-order valence-corrected chi connectivity index (χ1v) is 20.7. The molecule has 4 fully saturated rings. The number of hydrogen-bond donors (Lipinski definition) is 1. The number of ketones is 1. The normalized spacial score (nSPS) is 35.5. The van der Waals surface area contributed by atoms with Crippen LogP contribution in [0, 0.1) is 63.5 Å². The van der Waals surface area contributed by atoms with Crippen LogP contribution in [0.2, 0.25) is 0 Å². The quantitative estimate of drug-likeness (QED) is 0.282. The number of rotatable bonds is 7. The van der Waals surface area contributed by atoms with Crippen LogP contribution in [0.25, 0.3) is 5.69 Å². The van der Waals surface area contributed by atoms with E-state index in [0.717, 1.165) is 62.6 Å². The van der Waals surface area contributed by atoms with Crippen molar-refractivity contribution in [1.82, 2.24) is 9.36 Å². The molecule has 0 bridgehead atoms. The molecule has 5 aliphatic rings. The van der Waals surface area contributed by atoms with E-state index >= 15 is 0 Å². The summed E-state index contributed by atoms with van der Waals surface area (Å²) in [5.74, 6) is -0.557. The molecule has 9 heteroatoms. The third kappa shape index (κ3) is 5.46. The molecule has 8 atom stereocenters. The van der Waals surface area contributed by atoms with E-state index in [2.05, 4.69) is 48.5 Å². The van der Waals surface area contributed by atoms with Crippen molar-refractivity contribution >= 4 is 17.7 Å². The number of halogens is 1. The Kier molecular flexibility index (Phi) is 9.22. The summed E-state index contributed by atoms with van der Waals surface area (Å²) >= 11 is 0. The number of esters is 1. The lowest BCUT2D eigenvalue weighted by atomic mass is 9.33. The van der Waals surface area contributed by atoms with Gasteiger partial charge in [0.2, 0.25) is 0 Å². The number of aromatic nitrogens is 2. The highest BCUT2D eigenvalue weighted by molar-refractivity contribution is 6.02. The number of carboxylic acids is 1. The molecular weight excluding hydrogens is 696 g/mol. The number of benzene rings is 1. The molecule has 1 heterocycles. The predicted octanol–water partition coefficient (Wildman–Crippen LogP) is 9.27. The van der Waals surface area contributed by atoms with Crippen LogP contribution < -0.4 is 5.56 Å². The summed E-state index contributed by atoms with van der Waals surface area (Å²) in [6, 6.07) is 6.05. The van der Waals surface area contributed by atoms with Gasteiger partial charge in [0.1, 0.15) is 11.9 Å². The van der Waals surface area contributed by atoms with Crippen molar-refractivity contribution in [2.24, 2.45) is 57.8 Å². The zero-order chi connectivity index (χ0) is 40.4. The van der Waals surface area contributed by atoms with Crippen LogP contribution in [-0.2, 0) is 31.6 Å². The topological polar surface area (TPSA) is 108 Å². The maximum Gasteiger partial charge on any atom is 0.309 e. The molecule has 0 aliphatic heterocycles. The average Bonchev–Trinajstić information content (AvgIpc) is 3.51. The third-order valence-corrected chi connectivity index (χ3v) is 16.8. The first-order valence-electron chi connectivity index (χ1n) is 20.7. The Morgan fingerprint density at radius 2 is 1.58 bits per heavy atom. The van der Waals surface area contributed by atoms with Crippen LogP contribution in [0.3, 0.4) is 0 Å². The Hall–Kier alpha value is -3.49. The van der Waals surface area contributed by atoms with Crippen molar-refractivity contribution in [3.8, 4) is 5.69 Å². The summed E-state index contributed by atoms with van der Waals surface area (Å²) in [5.41, 5.74) is 2.22. The summed E-state index contributed by atoms with van der Waals surface area (Å²) in [7, 11) is 1.92. The average molecular weight is 759 g/mol. The van der Waals surface area contributed by atoms with Gasteiger partial charge >= 0.3 is 11.9 Å². The van der Waals surface area contributed by atoms with Gasteiger partial charge in [0.15, 0.2) is 5.78 Å². The van der Waals surface area contributed by atoms with Crippen molar-refractivity contribution < 1.29 is 28.6 Å². The number of allylic oxidation sites excluding steroid dienone is 2. The van der Waals surface area contributed by atoms with E-state index in [0.29, 0.717) is 29.5 Å². The molecule has 1 N–H and O–H groups in total. The fraction of sp³-hybridized carbons (Fsp3) is 0.696. The summed E-state index contributed by atoms with van der Waals surface area (Å²) in [6.07, 6.45) is 7.49. The van der Waals surface area contributed by atoms with Crippen LogP contribution in [-0.4, -0.2) is 38.3 Å². The Bertz CT molecular complexity index is 2040. The van der Waals surface area contributed by atoms with Crippen molar-refractivity contribution in [3.05, 3.63) is 62.8 Å². The highest BCUT2D eigenvalue weighted by Crippen LogP contribution is 2.77. The Morgan fingerprint density at radius 1 is 0.927 bits per heavy atom. The predicted molar refractivity (Wildman–Crippen MR) is 210 cm³/mol. The molecule has 8 nitrogen and oxygen atoms in total. The van der Waals surface area contributed by atoms with Crippen LogP contribution >= 0.6 is 0 Å². The van der Waals surface area contributed by atoms with Crippen molar-refractivity contribution in [2.75, 3.05) is 0 Å². The molecular formula is C46H63FN2O6. The Morgan fingerprint density at radius 3 is 2.20 bits per heavy atom. The molecule has 2 aromatic rings. The van der Waals surface area contributed by atoms with Crippen LogP contribution in [0.5, 0.6) is 0 Å². The largest absolute Gasteiger partial charge is 0.481 e. The SMILES string of the molecule is Cc1c([C@@]23CC[C@]4(C)[C@H](CC[C@@H]5[C@@]6(C)CC[C@H](OC(=O)CC(C)(C)C(=O)O)C(C)(C)[C@@H]6CC[C@]54C)C2=C(C(C)C)C(=O)C3)n(C)n(-c2ccc(F)cc2)c1=O. The van der Waals surface area contributed by atoms with E-state index in [1.165, 1.54) is 17.7 Å². The van der Waals surface area contributed by atoms with Gasteiger partial charge in [-0.2, -0.15) is 0 Å². The standard InChI is InChI=1S/C46H63FN2O6/c1-26(2)36-31(50)24-46(38-27(3)39(52)49(48(38)11)29-14-12-28(47)13-15-29)23-22-44(9)30(37(36)46)16-17-33-43(8)20-19-34(55-35(51)25-41(4,5)40(53)54)42(6,7)32(43)18-21-45(33,44)10/h12-15,26,30,32-34H,16-25H2,1-11H3,(H,53,54)/t30-,32+,33-,34+,43+,44-,45-,46-/m1/s1. The number of nitrogens with zero attached hydrogens (tertiary/aromatic N) is 2. The molecule has 7 rings (SSSR count). The number of ether oxygens (including phenoxy) is 1. The number of aliphatic carboxylic acids is 1. The number of carbonyl (C=O) groups is 3. The second-order valence-corrected chi connectivity index (χ2v) is 20.6. The van der Waals surface area contributed by atoms with Crippen molar-refractivity contribution in [3.63, 3.8) is 0 Å². The Labute approximate surface area is 326 Å².